The summed E-state index contributed by atoms with van der Waals surface area (Å²) in [4.78, 5) is 21.4. The average Bonchev–Trinajstić information content (AvgIpc) is 2.29. The zero-order valence-electron chi connectivity index (χ0n) is 10.4. The maximum atomic E-state index is 11.2. The van der Waals surface area contributed by atoms with Gasteiger partial charge >= 0.3 is 11.9 Å². The molecule has 0 spiro atoms. The number of ether oxygens (including phenoxy) is 1. The summed E-state index contributed by atoms with van der Waals surface area (Å²) in [5, 5.41) is 17.8. The predicted molar refractivity (Wildman–Crippen MR) is 62.6 cm³/mol. The first kappa shape index (κ1) is 15.9. The van der Waals surface area contributed by atoms with Crippen molar-refractivity contribution in [1.82, 2.24) is 0 Å². The highest BCUT2D eigenvalue weighted by atomic mass is 16.5. The number of aliphatic hydroxyl groups is 1. The predicted octanol–water partition coefficient (Wildman–Crippen LogP) is 1.73. The summed E-state index contributed by atoms with van der Waals surface area (Å²) >= 11 is 0. The number of aliphatic hydroxyl groups excluding tert-OH is 1. The van der Waals surface area contributed by atoms with Crippen molar-refractivity contribution in [3.63, 3.8) is 0 Å². The second-order valence-electron chi connectivity index (χ2n) is 4.08. The number of carboxylic acids is 1. The molecule has 0 aliphatic heterocycles. The van der Waals surface area contributed by atoms with Crippen LogP contribution in [0, 0.1) is 0 Å². The molecule has 0 fully saturated rings. The van der Waals surface area contributed by atoms with Crippen molar-refractivity contribution in [2.75, 3.05) is 6.61 Å². The van der Waals surface area contributed by atoms with Crippen molar-refractivity contribution >= 4 is 11.9 Å². The summed E-state index contributed by atoms with van der Waals surface area (Å²) in [6.45, 7) is 2.07. The minimum Gasteiger partial charge on any atom is -0.481 e. The van der Waals surface area contributed by atoms with Gasteiger partial charge in [0.1, 0.15) is 6.61 Å². The first-order valence-corrected chi connectivity index (χ1v) is 6.11. The van der Waals surface area contributed by atoms with Gasteiger partial charge in [-0.1, -0.05) is 19.8 Å². The number of hydrogen-bond acceptors (Lipinski definition) is 4. The molecule has 1 unspecified atom stereocenters. The Labute approximate surface area is 102 Å². The van der Waals surface area contributed by atoms with Gasteiger partial charge in [0.25, 0.3) is 0 Å². The van der Waals surface area contributed by atoms with Crippen LogP contribution in [-0.4, -0.2) is 34.9 Å². The van der Waals surface area contributed by atoms with Gasteiger partial charge in [0, 0.05) is 12.8 Å². The van der Waals surface area contributed by atoms with Crippen LogP contribution in [0.1, 0.15) is 51.9 Å². The Morgan fingerprint density at radius 2 is 1.82 bits per heavy atom. The van der Waals surface area contributed by atoms with Crippen LogP contribution in [0.2, 0.25) is 0 Å². The van der Waals surface area contributed by atoms with E-state index in [-0.39, 0.29) is 25.4 Å². The molecule has 0 aromatic carbocycles. The topological polar surface area (TPSA) is 83.8 Å². The Hall–Kier alpha value is -1.10. The Kier molecular flexibility index (Phi) is 9.43. The van der Waals surface area contributed by atoms with Gasteiger partial charge in [0.05, 0.1) is 6.10 Å². The number of carbonyl (C=O) groups excluding carboxylic acids is 1. The molecule has 0 aliphatic carbocycles. The van der Waals surface area contributed by atoms with Crippen molar-refractivity contribution in [2.45, 2.75) is 58.0 Å². The van der Waals surface area contributed by atoms with E-state index in [4.69, 9.17) is 9.84 Å². The Balaban J connectivity index is 3.42. The minimum atomic E-state index is -0.853. The molecule has 0 rings (SSSR count). The summed E-state index contributed by atoms with van der Waals surface area (Å²) in [6.07, 6.45) is 3.25. The number of hydrogen-bond donors (Lipinski definition) is 2. The molecule has 5 nitrogen and oxygen atoms in total. The van der Waals surface area contributed by atoms with Gasteiger partial charge in [-0.3, -0.25) is 9.59 Å². The van der Waals surface area contributed by atoms with E-state index in [9.17, 15) is 14.7 Å². The van der Waals surface area contributed by atoms with Gasteiger partial charge < -0.3 is 14.9 Å². The second-order valence-corrected chi connectivity index (χ2v) is 4.08. The SMILES string of the molecule is CCCCC(O)COC(=O)CCCCC(=O)O. The third-order valence-corrected chi connectivity index (χ3v) is 2.35. The number of esters is 1. The lowest BCUT2D eigenvalue weighted by Crippen LogP contribution is -2.18. The highest BCUT2D eigenvalue weighted by Gasteiger charge is 2.08. The number of unbranched alkanes of at least 4 members (excludes halogenated alkanes) is 2. The Bertz CT molecular complexity index is 227. The van der Waals surface area contributed by atoms with E-state index in [1.807, 2.05) is 6.92 Å². The number of carboxylic acid groups (broad SMARTS) is 1. The third kappa shape index (κ3) is 11.2. The zero-order valence-corrected chi connectivity index (χ0v) is 10.4. The van der Waals surface area contributed by atoms with E-state index < -0.39 is 12.1 Å². The van der Waals surface area contributed by atoms with Gasteiger partial charge in [-0.15, -0.1) is 0 Å². The van der Waals surface area contributed by atoms with Gasteiger partial charge in [-0.05, 0) is 19.3 Å². The molecule has 17 heavy (non-hydrogen) atoms. The fourth-order valence-electron chi connectivity index (χ4n) is 1.33. The monoisotopic (exact) mass is 246 g/mol. The summed E-state index contributed by atoms with van der Waals surface area (Å²) in [6, 6.07) is 0. The lowest BCUT2D eigenvalue weighted by Gasteiger charge is -2.10. The van der Waals surface area contributed by atoms with Crippen LogP contribution in [0.3, 0.4) is 0 Å². The Morgan fingerprint density at radius 1 is 1.18 bits per heavy atom. The van der Waals surface area contributed by atoms with Crippen LogP contribution in [0.15, 0.2) is 0 Å². The van der Waals surface area contributed by atoms with Crippen molar-refractivity contribution in [3.05, 3.63) is 0 Å². The maximum absolute atomic E-state index is 11.2. The van der Waals surface area contributed by atoms with Crippen LogP contribution in [-0.2, 0) is 14.3 Å². The van der Waals surface area contributed by atoms with Crippen LogP contribution in [0.5, 0.6) is 0 Å². The molecule has 0 radical (unpaired) electrons. The van der Waals surface area contributed by atoms with Crippen molar-refractivity contribution < 1.29 is 24.5 Å². The van der Waals surface area contributed by atoms with Gasteiger partial charge in [0.15, 0.2) is 0 Å². The summed E-state index contributed by atoms with van der Waals surface area (Å²) in [7, 11) is 0. The number of rotatable bonds is 10. The molecule has 0 heterocycles. The van der Waals surface area contributed by atoms with Crippen LogP contribution >= 0.6 is 0 Å². The van der Waals surface area contributed by atoms with Gasteiger partial charge in [0.2, 0.25) is 0 Å². The van der Waals surface area contributed by atoms with E-state index in [1.54, 1.807) is 0 Å². The fraction of sp³-hybridized carbons (Fsp3) is 0.833. The molecule has 5 heteroatoms. The van der Waals surface area contributed by atoms with Crippen LogP contribution in [0.4, 0.5) is 0 Å². The summed E-state index contributed by atoms with van der Waals surface area (Å²) in [5.41, 5.74) is 0. The molecule has 2 N–H and O–H groups in total. The molecule has 0 saturated carbocycles. The molecule has 0 aromatic rings. The first-order valence-electron chi connectivity index (χ1n) is 6.11. The van der Waals surface area contributed by atoms with E-state index in [2.05, 4.69) is 0 Å². The van der Waals surface area contributed by atoms with E-state index in [0.29, 0.717) is 19.3 Å². The molecule has 0 bridgehead atoms. The molecule has 100 valence electrons. The van der Waals surface area contributed by atoms with Crippen molar-refractivity contribution in [3.8, 4) is 0 Å². The van der Waals surface area contributed by atoms with Crippen LogP contribution < -0.4 is 0 Å². The van der Waals surface area contributed by atoms with Gasteiger partial charge in [-0.2, -0.15) is 0 Å². The van der Waals surface area contributed by atoms with E-state index in [1.165, 1.54) is 0 Å². The highest BCUT2D eigenvalue weighted by Crippen LogP contribution is 2.04. The fourth-order valence-corrected chi connectivity index (χ4v) is 1.33. The molecular formula is C12H22O5. The van der Waals surface area contributed by atoms with Crippen molar-refractivity contribution in [1.29, 1.82) is 0 Å². The first-order chi connectivity index (χ1) is 8.06. The van der Waals surface area contributed by atoms with E-state index in [0.717, 1.165) is 12.8 Å². The summed E-state index contributed by atoms with van der Waals surface area (Å²) in [5.74, 6) is -1.22. The lowest BCUT2D eigenvalue weighted by atomic mass is 10.2. The Morgan fingerprint density at radius 3 is 2.41 bits per heavy atom. The third-order valence-electron chi connectivity index (χ3n) is 2.35. The number of aliphatic carboxylic acids is 1. The molecular weight excluding hydrogens is 224 g/mol. The largest absolute Gasteiger partial charge is 0.481 e. The van der Waals surface area contributed by atoms with Crippen LogP contribution in [0.25, 0.3) is 0 Å². The molecule has 0 aromatic heterocycles. The van der Waals surface area contributed by atoms with Crippen molar-refractivity contribution in [2.24, 2.45) is 0 Å². The van der Waals surface area contributed by atoms with E-state index >= 15 is 0 Å². The average molecular weight is 246 g/mol. The standard InChI is InChI=1S/C12H22O5/c1-2-3-6-10(13)9-17-12(16)8-5-4-7-11(14)15/h10,13H,2-9H2,1H3,(H,14,15). The minimum absolute atomic E-state index is 0.0394. The second kappa shape index (κ2) is 10.1. The smallest absolute Gasteiger partial charge is 0.305 e. The summed E-state index contributed by atoms with van der Waals surface area (Å²) < 4.78 is 4.87. The highest BCUT2D eigenvalue weighted by molar-refractivity contribution is 5.69. The van der Waals surface area contributed by atoms with Gasteiger partial charge in [-0.25, -0.2) is 0 Å². The molecule has 0 aliphatic rings. The molecule has 0 amide bonds. The lowest BCUT2D eigenvalue weighted by molar-refractivity contribution is -0.147. The normalized spacial score (nSPS) is 12.1. The quantitative estimate of drug-likeness (QED) is 0.453. The zero-order chi connectivity index (χ0) is 13.1. The molecule has 1 atom stereocenters. The number of carbonyl (C=O) groups is 2. The maximum Gasteiger partial charge on any atom is 0.305 e. The molecule has 0 saturated heterocycles.